The number of hydrogen-bond donors (Lipinski definition) is 2. The molecule has 0 aliphatic rings. The molecule has 2 aromatic rings. The summed E-state index contributed by atoms with van der Waals surface area (Å²) in [5.41, 5.74) is 0.875. The van der Waals surface area contributed by atoms with Gasteiger partial charge in [-0.2, -0.15) is 0 Å². The smallest absolute Gasteiger partial charge is 0.251 e. The molecular weight excluding hydrogens is 350 g/mol. The number of rotatable bonds is 7. The number of aromatic amines is 1. The molecule has 1 heterocycles. The topological polar surface area (TPSA) is 84.1 Å². The lowest BCUT2D eigenvalue weighted by molar-refractivity contribution is -0.115. The minimum Gasteiger partial charge on any atom is -0.378 e. The lowest BCUT2D eigenvalue weighted by Crippen LogP contribution is -2.25. The van der Waals surface area contributed by atoms with Crippen molar-refractivity contribution in [1.29, 1.82) is 0 Å². The van der Waals surface area contributed by atoms with Crippen molar-refractivity contribution in [2.75, 3.05) is 12.4 Å². The second kappa shape index (κ2) is 8.86. The fourth-order valence-electron chi connectivity index (χ4n) is 2.01. The first-order chi connectivity index (χ1) is 11.5. The molecule has 0 bridgehead atoms. The Balaban J connectivity index is 2.11. The van der Waals surface area contributed by atoms with Crippen molar-refractivity contribution in [3.63, 3.8) is 0 Å². The number of thioether (sulfide) groups is 1. The average molecular weight is 368 g/mol. The summed E-state index contributed by atoms with van der Waals surface area (Å²) in [6.07, 6.45) is 0.579. The number of benzene rings is 1. The van der Waals surface area contributed by atoms with E-state index in [1.165, 1.54) is 24.9 Å². The highest BCUT2D eigenvalue weighted by atomic mass is 35.5. The lowest BCUT2D eigenvalue weighted by Gasteiger charge is -2.14. The minimum atomic E-state index is -0.398. The van der Waals surface area contributed by atoms with Crippen LogP contribution in [0.2, 0.25) is 5.02 Å². The monoisotopic (exact) mass is 367 g/mol. The van der Waals surface area contributed by atoms with E-state index in [1.807, 2.05) is 6.92 Å². The molecule has 8 heteroatoms. The number of amides is 1. The van der Waals surface area contributed by atoms with Crippen LogP contribution in [0, 0.1) is 0 Å². The number of carbonyl (C=O) groups is 1. The number of nitrogens with one attached hydrogen (secondary N) is 2. The van der Waals surface area contributed by atoms with Gasteiger partial charge in [0.15, 0.2) is 5.16 Å². The Morgan fingerprint density at radius 1 is 1.46 bits per heavy atom. The Kier molecular flexibility index (Phi) is 6.84. The van der Waals surface area contributed by atoms with Gasteiger partial charge in [-0.05, 0) is 24.6 Å². The number of ether oxygens (including phenoxy) is 1. The van der Waals surface area contributed by atoms with E-state index in [0.717, 1.165) is 0 Å². The summed E-state index contributed by atoms with van der Waals surface area (Å²) in [5.74, 6) is -0.176. The zero-order valence-electron chi connectivity index (χ0n) is 13.3. The van der Waals surface area contributed by atoms with Crippen LogP contribution in [0.5, 0.6) is 0 Å². The van der Waals surface area contributed by atoms with Gasteiger partial charge in [-0.1, -0.05) is 36.4 Å². The first-order valence-corrected chi connectivity index (χ1v) is 8.60. The molecule has 128 valence electrons. The molecule has 24 heavy (non-hydrogen) atoms. The highest BCUT2D eigenvalue weighted by molar-refractivity contribution is 8.00. The maximum atomic E-state index is 12.4. The molecule has 0 radical (unpaired) electrons. The van der Waals surface area contributed by atoms with Crippen molar-refractivity contribution >= 4 is 35.0 Å². The van der Waals surface area contributed by atoms with E-state index in [9.17, 15) is 9.59 Å². The van der Waals surface area contributed by atoms with Crippen LogP contribution in [0.4, 0.5) is 5.69 Å². The van der Waals surface area contributed by atoms with E-state index in [-0.39, 0.29) is 18.1 Å². The van der Waals surface area contributed by atoms with Crippen LogP contribution < -0.4 is 10.9 Å². The molecule has 0 saturated carbocycles. The normalized spacial score (nSPS) is 12.0. The van der Waals surface area contributed by atoms with Crippen LogP contribution in [0.15, 0.2) is 40.3 Å². The van der Waals surface area contributed by atoms with Crippen LogP contribution in [-0.2, 0) is 16.1 Å². The largest absolute Gasteiger partial charge is 0.378 e. The number of halogens is 1. The number of hydrogen-bond acceptors (Lipinski definition) is 5. The summed E-state index contributed by atoms with van der Waals surface area (Å²) < 4.78 is 4.99. The Morgan fingerprint density at radius 2 is 2.25 bits per heavy atom. The molecule has 0 aliphatic carbocycles. The molecule has 0 fully saturated rings. The number of carbonyl (C=O) groups excluding carboxylic acids is 1. The predicted octanol–water partition coefficient (Wildman–Crippen LogP) is 3.08. The molecule has 1 aromatic carbocycles. The van der Waals surface area contributed by atoms with Gasteiger partial charge in [0.2, 0.25) is 5.91 Å². The quantitative estimate of drug-likeness (QED) is 0.580. The SMILES string of the molecule is CCC(Sc1nc(COC)cc(=O)[nH]1)C(=O)Nc1cccc(Cl)c1. The summed E-state index contributed by atoms with van der Waals surface area (Å²) in [7, 11) is 1.53. The zero-order valence-corrected chi connectivity index (χ0v) is 14.9. The molecule has 1 aromatic heterocycles. The van der Waals surface area contributed by atoms with E-state index >= 15 is 0 Å². The first kappa shape index (κ1) is 18.5. The summed E-state index contributed by atoms with van der Waals surface area (Å²) in [6, 6.07) is 8.32. The average Bonchev–Trinajstić information content (AvgIpc) is 2.52. The molecule has 6 nitrogen and oxygen atoms in total. The number of anilines is 1. The van der Waals surface area contributed by atoms with Gasteiger partial charge in [-0.15, -0.1) is 0 Å². The highest BCUT2D eigenvalue weighted by Crippen LogP contribution is 2.23. The second-order valence-corrected chi connectivity index (χ2v) is 6.62. The molecule has 2 N–H and O–H groups in total. The Bertz CT molecular complexity index is 766. The fraction of sp³-hybridized carbons (Fsp3) is 0.312. The van der Waals surface area contributed by atoms with Gasteiger partial charge < -0.3 is 15.0 Å². The van der Waals surface area contributed by atoms with Gasteiger partial charge in [0, 0.05) is 23.9 Å². The van der Waals surface area contributed by atoms with Crippen LogP contribution in [0.3, 0.4) is 0 Å². The number of H-pyrrole nitrogens is 1. The predicted molar refractivity (Wildman–Crippen MR) is 95.6 cm³/mol. The summed E-state index contributed by atoms with van der Waals surface area (Å²) in [6.45, 7) is 2.13. The molecule has 2 rings (SSSR count). The van der Waals surface area contributed by atoms with Crippen LogP contribution in [-0.4, -0.2) is 28.2 Å². The van der Waals surface area contributed by atoms with Crippen molar-refractivity contribution in [2.24, 2.45) is 0 Å². The molecular formula is C16H18ClN3O3S. The van der Waals surface area contributed by atoms with Crippen molar-refractivity contribution in [3.05, 3.63) is 51.4 Å². The summed E-state index contributed by atoms with van der Waals surface area (Å²) in [5, 5.41) is 3.36. The third-order valence-corrected chi connectivity index (χ3v) is 4.56. The molecule has 1 atom stereocenters. The van der Waals surface area contributed by atoms with Gasteiger partial charge in [0.05, 0.1) is 17.6 Å². The van der Waals surface area contributed by atoms with Crippen LogP contribution >= 0.6 is 23.4 Å². The fourth-order valence-corrected chi connectivity index (χ4v) is 3.13. The van der Waals surface area contributed by atoms with Gasteiger partial charge in [0.25, 0.3) is 5.56 Å². The van der Waals surface area contributed by atoms with Crippen LogP contribution in [0.1, 0.15) is 19.0 Å². The Labute approximate surface area is 149 Å². The Morgan fingerprint density at radius 3 is 2.92 bits per heavy atom. The maximum Gasteiger partial charge on any atom is 0.251 e. The van der Waals surface area contributed by atoms with Crippen molar-refractivity contribution in [2.45, 2.75) is 30.4 Å². The molecule has 0 spiro atoms. The number of methoxy groups -OCH3 is 1. The standard InChI is InChI=1S/C16H18ClN3O3S/c1-3-13(15(22)18-11-6-4-5-10(17)7-11)24-16-19-12(9-23-2)8-14(21)20-16/h4-8,13H,3,9H2,1-2H3,(H,18,22)(H,19,20,21). The van der Waals surface area contributed by atoms with E-state index < -0.39 is 5.25 Å². The van der Waals surface area contributed by atoms with E-state index in [2.05, 4.69) is 15.3 Å². The highest BCUT2D eigenvalue weighted by Gasteiger charge is 2.19. The summed E-state index contributed by atoms with van der Waals surface area (Å²) in [4.78, 5) is 31.0. The van der Waals surface area contributed by atoms with E-state index in [0.29, 0.717) is 28.0 Å². The Hall–Kier alpha value is -1.83. The molecule has 0 saturated heterocycles. The lowest BCUT2D eigenvalue weighted by atomic mass is 10.3. The first-order valence-electron chi connectivity index (χ1n) is 7.34. The zero-order chi connectivity index (χ0) is 17.5. The van der Waals surface area contributed by atoms with Crippen molar-refractivity contribution in [1.82, 2.24) is 9.97 Å². The maximum absolute atomic E-state index is 12.4. The van der Waals surface area contributed by atoms with Crippen molar-refractivity contribution < 1.29 is 9.53 Å². The second-order valence-electron chi connectivity index (χ2n) is 4.99. The van der Waals surface area contributed by atoms with E-state index in [4.69, 9.17) is 16.3 Å². The van der Waals surface area contributed by atoms with Crippen LogP contribution in [0.25, 0.3) is 0 Å². The summed E-state index contributed by atoms with van der Waals surface area (Å²) >= 11 is 7.13. The van der Waals surface area contributed by atoms with E-state index in [1.54, 1.807) is 24.3 Å². The van der Waals surface area contributed by atoms with Gasteiger partial charge in [-0.3, -0.25) is 9.59 Å². The molecule has 0 aliphatic heterocycles. The van der Waals surface area contributed by atoms with Gasteiger partial charge in [-0.25, -0.2) is 4.98 Å². The third kappa shape index (κ3) is 5.36. The molecule has 1 unspecified atom stereocenters. The number of nitrogens with zero attached hydrogens (tertiary/aromatic N) is 1. The third-order valence-electron chi connectivity index (χ3n) is 3.07. The minimum absolute atomic E-state index is 0.176. The number of aromatic nitrogens is 2. The molecule has 1 amide bonds. The van der Waals surface area contributed by atoms with Gasteiger partial charge in [0.1, 0.15) is 0 Å². The van der Waals surface area contributed by atoms with Gasteiger partial charge >= 0.3 is 0 Å². The van der Waals surface area contributed by atoms with Crippen molar-refractivity contribution in [3.8, 4) is 0 Å².